The van der Waals surface area contributed by atoms with Gasteiger partial charge in [-0.2, -0.15) is 0 Å². The molecule has 0 spiro atoms. The van der Waals surface area contributed by atoms with E-state index >= 15 is 0 Å². The molecule has 27 heavy (non-hydrogen) atoms. The number of rotatable bonds is 3. The number of halogens is 1. The maximum Gasteiger partial charge on any atom is 0.273 e. The number of piperazine rings is 1. The minimum absolute atomic E-state index is 0.0802. The van der Waals surface area contributed by atoms with Gasteiger partial charge in [-0.25, -0.2) is 17.8 Å². The summed E-state index contributed by atoms with van der Waals surface area (Å²) in [5.74, 6) is 0.0772. The van der Waals surface area contributed by atoms with Gasteiger partial charge in [0.25, 0.3) is 5.91 Å². The molecule has 1 aromatic carbocycles. The van der Waals surface area contributed by atoms with Crippen LogP contribution < -0.4 is 0 Å². The van der Waals surface area contributed by atoms with Gasteiger partial charge in [0.1, 0.15) is 16.5 Å². The highest BCUT2D eigenvalue weighted by atomic mass is 32.2. The number of carbonyl (C=O) groups excluding carboxylic acids is 1. The average molecular weight is 410 g/mol. The second-order valence-electron chi connectivity index (χ2n) is 6.93. The topological polar surface area (TPSA) is 70.6 Å². The Balaban J connectivity index is 1.38. The van der Waals surface area contributed by atoms with Crippen molar-refractivity contribution in [2.75, 3.05) is 37.7 Å². The second kappa shape index (κ2) is 7.29. The van der Waals surface area contributed by atoms with E-state index in [0.29, 0.717) is 43.3 Å². The van der Waals surface area contributed by atoms with E-state index in [1.165, 1.54) is 23.5 Å². The van der Waals surface area contributed by atoms with Gasteiger partial charge in [-0.3, -0.25) is 9.69 Å². The first-order valence-corrected chi connectivity index (χ1v) is 11.6. The van der Waals surface area contributed by atoms with E-state index in [1.807, 2.05) is 0 Å². The lowest BCUT2D eigenvalue weighted by atomic mass is 10.2. The third kappa shape index (κ3) is 4.04. The first-order chi connectivity index (χ1) is 12.9. The number of nitrogens with zero attached hydrogens (tertiary/aromatic N) is 3. The highest BCUT2D eigenvalue weighted by Crippen LogP contribution is 2.25. The number of thiazole rings is 1. The van der Waals surface area contributed by atoms with Crippen LogP contribution in [0.5, 0.6) is 0 Å². The molecule has 2 aliphatic rings. The number of amides is 1. The molecule has 0 N–H and O–H groups in total. The van der Waals surface area contributed by atoms with E-state index in [1.54, 1.807) is 22.4 Å². The molecule has 0 radical (unpaired) electrons. The van der Waals surface area contributed by atoms with Crippen LogP contribution in [0.25, 0.3) is 10.6 Å². The molecule has 2 aliphatic heterocycles. The minimum atomic E-state index is -2.90. The summed E-state index contributed by atoms with van der Waals surface area (Å²) in [7, 11) is -2.90. The third-order valence-corrected chi connectivity index (χ3v) is 7.78. The molecular formula is C18H20FN3O3S2. The van der Waals surface area contributed by atoms with Crippen molar-refractivity contribution < 1.29 is 17.6 Å². The predicted octanol–water partition coefficient (Wildman–Crippen LogP) is 1.89. The zero-order chi connectivity index (χ0) is 19.0. The Hall–Kier alpha value is -1.84. The Morgan fingerprint density at radius 1 is 1.15 bits per heavy atom. The Kier molecular flexibility index (Phi) is 5.00. The predicted molar refractivity (Wildman–Crippen MR) is 102 cm³/mol. The van der Waals surface area contributed by atoms with Gasteiger partial charge in [0.05, 0.1) is 11.5 Å². The van der Waals surface area contributed by atoms with Crippen molar-refractivity contribution in [2.45, 2.75) is 12.5 Å². The molecule has 144 valence electrons. The molecule has 4 rings (SSSR count). The van der Waals surface area contributed by atoms with Crippen molar-refractivity contribution in [3.63, 3.8) is 0 Å². The summed E-state index contributed by atoms with van der Waals surface area (Å²) in [4.78, 5) is 21.1. The monoisotopic (exact) mass is 409 g/mol. The molecule has 0 aliphatic carbocycles. The number of aromatic nitrogens is 1. The largest absolute Gasteiger partial charge is 0.335 e. The Bertz CT molecular complexity index is 935. The molecule has 1 unspecified atom stereocenters. The van der Waals surface area contributed by atoms with Crippen molar-refractivity contribution in [1.82, 2.24) is 14.8 Å². The highest BCUT2D eigenvalue weighted by molar-refractivity contribution is 7.91. The van der Waals surface area contributed by atoms with Crippen molar-refractivity contribution in [2.24, 2.45) is 0 Å². The van der Waals surface area contributed by atoms with Gasteiger partial charge in [-0.15, -0.1) is 11.3 Å². The fourth-order valence-corrected chi connectivity index (χ4v) is 6.17. The standard InChI is InChI=1S/C18H20FN3O3S2/c19-14-3-1-13(2-4-14)17-20-16(11-26-17)18(23)22-8-6-21(7-9-22)15-5-10-27(24,25)12-15/h1-4,11,15H,5-10,12H2. The summed E-state index contributed by atoms with van der Waals surface area (Å²) in [6, 6.07) is 6.13. The lowest BCUT2D eigenvalue weighted by molar-refractivity contribution is 0.0583. The zero-order valence-corrected chi connectivity index (χ0v) is 16.3. The molecule has 1 atom stereocenters. The number of carbonyl (C=O) groups is 1. The van der Waals surface area contributed by atoms with Crippen molar-refractivity contribution in [3.8, 4) is 10.6 Å². The van der Waals surface area contributed by atoms with Crippen LogP contribution in [0.15, 0.2) is 29.6 Å². The molecule has 0 bridgehead atoms. The number of sulfone groups is 1. The summed E-state index contributed by atoms with van der Waals surface area (Å²) in [6.45, 7) is 2.50. The van der Waals surface area contributed by atoms with Crippen LogP contribution in [0, 0.1) is 5.82 Å². The SMILES string of the molecule is O=C(c1csc(-c2ccc(F)cc2)n1)N1CCN(C2CCS(=O)(=O)C2)CC1. The van der Waals surface area contributed by atoms with Crippen LogP contribution in [-0.4, -0.2) is 72.8 Å². The molecular weight excluding hydrogens is 389 g/mol. The molecule has 2 aromatic rings. The van der Waals surface area contributed by atoms with E-state index in [-0.39, 0.29) is 29.3 Å². The summed E-state index contributed by atoms with van der Waals surface area (Å²) in [6.07, 6.45) is 0.684. The normalized spacial score (nSPS) is 22.9. The average Bonchev–Trinajstić information content (AvgIpc) is 3.29. The third-order valence-electron chi connectivity index (χ3n) is 5.14. The fraction of sp³-hybridized carbons (Fsp3) is 0.444. The molecule has 6 nitrogen and oxygen atoms in total. The van der Waals surface area contributed by atoms with Gasteiger partial charge in [0, 0.05) is 43.2 Å². The van der Waals surface area contributed by atoms with E-state index in [0.717, 1.165) is 5.56 Å². The lowest BCUT2D eigenvalue weighted by Gasteiger charge is -2.37. The van der Waals surface area contributed by atoms with Crippen molar-refractivity contribution in [3.05, 3.63) is 41.2 Å². The molecule has 9 heteroatoms. The first kappa shape index (κ1) is 18.5. The fourth-order valence-electron chi connectivity index (χ4n) is 3.61. The lowest BCUT2D eigenvalue weighted by Crippen LogP contribution is -2.52. The van der Waals surface area contributed by atoms with Crippen LogP contribution >= 0.6 is 11.3 Å². The van der Waals surface area contributed by atoms with Crippen LogP contribution in [0.4, 0.5) is 4.39 Å². The molecule has 3 heterocycles. The van der Waals surface area contributed by atoms with Crippen molar-refractivity contribution in [1.29, 1.82) is 0 Å². The van der Waals surface area contributed by atoms with Gasteiger partial charge < -0.3 is 4.90 Å². The van der Waals surface area contributed by atoms with Crippen LogP contribution in [0.2, 0.25) is 0 Å². The molecule has 2 saturated heterocycles. The maximum atomic E-state index is 13.0. The number of benzene rings is 1. The molecule has 1 amide bonds. The van der Waals surface area contributed by atoms with Gasteiger partial charge in [0.2, 0.25) is 0 Å². The van der Waals surface area contributed by atoms with Gasteiger partial charge in [0.15, 0.2) is 9.84 Å². The summed E-state index contributed by atoms with van der Waals surface area (Å²) >= 11 is 1.36. The van der Waals surface area contributed by atoms with E-state index in [9.17, 15) is 17.6 Å². The first-order valence-electron chi connectivity index (χ1n) is 8.86. The minimum Gasteiger partial charge on any atom is -0.335 e. The second-order valence-corrected chi connectivity index (χ2v) is 10.0. The zero-order valence-electron chi connectivity index (χ0n) is 14.7. The van der Waals surface area contributed by atoms with E-state index < -0.39 is 9.84 Å². The smallest absolute Gasteiger partial charge is 0.273 e. The van der Waals surface area contributed by atoms with Gasteiger partial charge in [-0.1, -0.05) is 0 Å². The molecule has 2 fully saturated rings. The molecule has 0 saturated carbocycles. The Morgan fingerprint density at radius 3 is 2.48 bits per heavy atom. The Morgan fingerprint density at radius 2 is 1.85 bits per heavy atom. The summed E-state index contributed by atoms with van der Waals surface area (Å²) in [5.41, 5.74) is 1.18. The van der Waals surface area contributed by atoms with Gasteiger partial charge >= 0.3 is 0 Å². The summed E-state index contributed by atoms with van der Waals surface area (Å²) < 4.78 is 36.4. The highest BCUT2D eigenvalue weighted by Gasteiger charge is 2.34. The number of hydrogen-bond acceptors (Lipinski definition) is 6. The Labute approximate surface area is 161 Å². The molecule has 1 aromatic heterocycles. The van der Waals surface area contributed by atoms with Crippen LogP contribution in [-0.2, 0) is 9.84 Å². The van der Waals surface area contributed by atoms with Crippen molar-refractivity contribution >= 4 is 27.1 Å². The quantitative estimate of drug-likeness (QED) is 0.774. The van der Waals surface area contributed by atoms with E-state index in [2.05, 4.69) is 9.88 Å². The van der Waals surface area contributed by atoms with E-state index in [4.69, 9.17) is 0 Å². The maximum absolute atomic E-state index is 13.0. The summed E-state index contributed by atoms with van der Waals surface area (Å²) in [5, 5.41) is 2.42. The van der Waals surface area contributed by atoms with Gasteiger partial charge in [-0.05, 0) is 30.7 Å². The van der Waals surface area contributed by atoms with Crippen LogP contribution in [0.3, 0.4) is 0 Å². The van der Waals surface area contributed by atoms with Crippen LogP contribution in [0.1, 0.15) is 16.9 Å². The number of hydrogen-bond donors (Lipinski definition) is 0.